The Morgan fingerprint density at radius 2 is 1.75 bits per heavy atom. The van der Waals surface area contributed by atoms with E-state index in [1.807, 2.05) is 0 Å². The molecule has 1 aliphatic carbocycles. The molecule has 3 rings (SSSR count). The SMILES string of the molecule is O[C@@H]1CCC[C@@H]1c1ccc2ccccc2c1. The molecule has 1 saturated carbocycles. The first-order valence-electron chi connectivity index (χ1n) is 6.01. The molecule has 0 saturated heterocycles. The van der Waals surface area contributed by atoms with E-state index < -0.39 is 0 Å². The quantitative estimate of drug-likeness (QED) is 0.767. The molecule has 0 heterocycles. The molecule has 0 bridgehead atoms. The van der Waals surface area contributed by atoms with E-state index in [9.17, 15) is 5.11 Å². The van der Waals surface area contributed by atoms with Crippen molar-refractivity contribution in [3.8, 4) is 0 Å². The predicted octanol–water partition coefficient (Wildman–Crippen LogP) is 3.47. The molecule has 1 fully saturated rings. The van der Waals surface area contributed by atoms with Gasteiger partial charge in [-0.25, -0.2) is 0 Å². The van der Waals surface area contributed by atoms with Crippen LogP contribution in [-0.2, 0) is 0 Å². The second-order valence-corrected chi connectivity index (χ2v) is 4.71. The van der Waals surface area contributed by atoms with E-state index in [2.05, 4.69) is 42.5 Å². The summed E-state index contributed by atoms with van der Waals surface area (Å²) in [7, 11) is 0. The summed E-state index contributed by atoms with van der Waals surface area (Å²) in [5, 5.41) is 12.5. The molecule has 1 N–H and O–H groups in total. The average molecular weight is 212 g/mol. The summed E-state index contributed by atoms with van der Waals surface area (Å²) < 4.78 is 0. The first-order valence-corrected chi connectivity index (χ1v) is 6.01. The number of hydrogen-bond donors (Lipinski definition) is 1. The molecule has 0 aromatic heterocycles. The predicted molar refractivity (Wildman–Crippen MR) is 66.5 cm³/mol. The Morgan fingerprint density at radius 3 is 2.50 bits per heavy atom. The van der Waals surface area contributed by atoms with Crippen molar-refractivity contribution in [2.45, 2.75) is 31.3 Å². The topological polar surface area (TPSA) is 20.2 Å². The summed E-state index contributed by atoms with van der Waals surface area (Å²) in [6.07, 6.45) is 3.09. The summed E-state index contributed by atoms with van der Waals surface area (Å²) in [4.78, 5) is 0. The first-order chi connectivity index (χ1) is 7.84. The van der Waals surface area contributed by atoms with E-state index in [1.165, 1.54) is 16.3 Å². The van der Waals surface area contributed by atoms with Gasteiger partial charge in [0.1, 0.15) is 0 Å². The van der Waals surface area contributed by atoms with E-state index in [0.717, 1.165) is 19.3 Å². The largest absolute Gasteiger partial charge is 0.392 e. The Balaban J connectivity index is 2.04. The zero-order valence-electron chi connectivity index (χ0n) is 9.26. The van der Waals surface area contributed by atoms with Crippen LogP contribution in [0.3, 0.4) is 0 Å². The Hall–Kier alpha value is -1.34. The van der Waals surface area contributed by atoms with Crippen LogP contribution in [0.1, 0.15) is 30.7 Å². The van der Waals surface area contributed by atoms with Crippen LogP contribution in [0.25, 0.3) is 10.8 Å². The highest BCUT2D eigenvalue weighted by Gasteiger charge is 2.26. The van der Waals surface area contributed by atoms with Crippen molar-refractivity contribution in [3.63, 3.8) is 0 Å². The maximum atomic E-state index is 9.91. The molecule has 2 aromatic rings. The lowest BCUT2D eigenvalue weighted by Crippen LogP contribution is -2.10. The molecule has 16 heavy (non-hydrogen) atoms. The second-order valence-electron chi connectivity index (χ2n) is 4.71. The Kier molecular flexibility index (Phi) is 2.41. The van der Waals surface area contributed by atoms with Crippen LogP contribution < -0.4 is 0 Å². The molecule has 0 amide bonds. The summed E-state index contributed by atoms with van der Waals surface area (Å²) in [6, 6.07) is 15.0. The van der Waals surface area contributed by atoms with Gasteiger partial charge < -0.3 is 5.11 Å². The van der Waals surface area contributed by atoms with Gasteiger partial charge in [0.25, 0.3) is 0 Å². The molecule has 0 radical (unpaired) electrons. The summed E-state index contributed by atoms with van der Waals surface area (Å²) in [5.41, 5.74) is 1.30. The lowest BCUT2D eigenvalue weighted by molar-refractivity contribution is 0.164. The summed E-state index contributed by atoms with van der Waals surface area (Å²) in [5.74, 6) is 0.351. The van der Waals surface area contributed by atoms with Gasteiger partial charge in [0.15, 0.2) is 0 Å². The molecule has 2 atom stereocenters. The number of aliphatic hydroxyl groups is 1. The number of fused-ring (bicyclic) bond motifs is 1. The summed E-state index contributed by atoms with van der Waals surface area (Å²) in [6.45, 7) is 0. The fraction of sp³-hybridized carbons (Fsp3) is 0.333. The van der Waals surface area contributed by atoms with Crippen LogP contribution in [0.5, 0.6) is 0 Å². The fourth-order valence-corrected chi connectivity index (χ4v) is 2.77. The third-order valence-corrected chi connectivity index (χ3v) is 3.68. The van der Waals surface area contributed by atoms with E-state index in [0.29, 0.717) is 5.92 Å². The average Bonchev–Trinajstić information content (AvgIpc) is 2.75. The molecule has 2 aromatic carbocycles. The van der Waals surface area contributed by atoms with Crippen molar-refractivity contribution in [1.82, 2.24) is 0 Å². The normalized spacial score (nSPS) is 25.1. The van der Waals surface area contributed by atoms with Gasteiger partial charge in [0.05, 0.1) is 6.10 Å². The Bertz CT molecular complexity index is 504. The van der Waals surface area contributed by atoms with Gasteiger partial charge >= 0.3 is 0 Å². The Morgan fingerprint density at radius 1 is 0.938 bits per heavy atom. The lowest BCUT2D eigenvalue weighted by Gasteiger charge is -2.15. The molecule has 0 aliphatic heterocycles. The number of benzene rings is 2. The molecule has 1 nitrogen and oxygen atoms in total. The van der Waals surface area contributed by atoms with Gasteiger partial charge in [-0.1, -0.05) is 48.9 Å². The van der Waals surface area contributed by atoms with E-state index in [4.69, 9.17) is 0 Å². The van der Waals surface area contributed by atoms with Crippen molar-refractivity contribution >= 4 is 10.8 Å². The van der Waals surface area contributed by atoms with Crippen LogP contribution in [-0.4, -0.2) is 11.2 Å². The minimum Gasteiger partial charge on any atom is -0.392 e. The molecular weight excluding hydrogens is 196 g/mol. The minimum absolute atomic E-state index is 0.138. The first kappa shape index (κ1) is 9.86. The maximum absolute atomic E-state index is 9.91. The van der Waals surface area contributed by atoms with Crippen molar-refractivity contribution in [2.24, 2.45) is 0 Å². The van der Waals surface area contributed by atoms with Crippen LogP contribution in [0.2, 0.25) is 0 Å². The smallest absolute Gasteiger partial charge is 0.0608 e. The second kappa shape index (κ2) is 3.91. The third-order valence-electron chi connectivity index (χ3n) is 3.68. The zero-order valence-corrected chi connectivity index (χ0v) is 9.26. The third kappa shape index (κ3) is 1.61. The van der Waals surface area contributed by atoms with Gasteiger partial charge in [-0.2, -0.15) is 0 Å². The van der Waals surface area contributed by atoms with Crippen molar-refractivity contribution in [1.29, 1.82) is 0 Å². The number of aliphatic hydroxyl groups excluding tert-OH is 1. The van der Waals surface area contributed by atoms with E-state index in [1.54, 1.807) is 0 Å². The molecule has 1 aliphatic rings. The van der Waals surface area contributed by atoms with Crippen molar-refractivity contribution in [3.05, 3.63) is 48.0 Å². The van der Waals surface area contributed by atoms with Crippen molar-refractivity contribution in [2.75, 3.05) is 0 Å². The molecule has 82 valence electrons. The van der Waals surface area contributed by atoms with E-state index >= 15 is 0 Å². The number of hydrogen-bond acceptors (Lipinski definition) is 1. The van der Waals surface area contributed by atoms with Gasteiger partial charge in [-0.15, -0.1) is 0 Å². The van der Waals surface area contributed by atoms with Crippen LogP contribution in [0.15, 0.2) is 42.5 Å². The monoisotopic (exact) mass is 212 g/mol. The van der Waals surface area contributed by atoms with Gasteiger partial charge in [-0.05, 0) is 29.2 Å². The van der Waals surface area contributed by atoms with Crippen LogP contribution in [0, 0.1) is 0 Å². The molecular formula is C15H16O. The van der Waals surface area contributed by atoms with Crippen molar-refractivity contribution < 1.29 is 5.11 Å². The summed E-state index contributed by atoms with van der Waals surface area (Å²) >= 11 is 0. The maximum Gasteiger partial charge on any atom is 0.0608 e. The van der Waals surface area contributed by atoms with Crippen LogP contribution >= 0.6 is 0 Å². The zero-order chi connectivity index (χ0) is 11.0. The van der Waals surface area contributed by atoms with Gasteiger partial charge in [-0.3, -0.25) is 0 Å². The Labute approximate surface area is 95.7 Å². The highest BCUT2D eigenvalue weighted by Crippen LogP contribution is 2.35. The minimum atomic E-state index is -0.138. The molecule has 0 unspecified atom stereocenters. The number of rotatable bonds is 1. The highest BCUT2D eigenvalue weighted by molar-refractivity contribution is 5.83. The van der Waals surface area contributed by atoms with Gasteiger partial charge in [0, 0.05) is 5.92 Å². The van der Waals surface area contributed by atoms with Crippen LogP contribution in [0.4, 0.5) is 0 Å². The lowest BCUT2D eigenvalue weighted by atomic mass is 9.93. The van der Waals surface area contributed by atoms with E-state index in [-0.39, 0.29) is 6.10 Å². The highest BCUT2D eigenvalue weighted by atomic mass is 16.3. The van der Waals surface area contributed by atoms with Gasteiger partial charge in [0.2, 0.25) is 0 Å². The standard InChI is InChI=1S/C15H16O/c16-15-7-3-6-14(15)13-9-8-11-4-1-2-5-12(11)10-13/h1-2,4-5,8-10,14-16H,3,6-7H2/t14-,15-/m1/s1. The molecule has 0 spiro atoms. The molecule has 1 heteroatoms. The fourth-order valence-electron chi connectivity index (χ4n) is 2.77.